The zero-order chi connectivity index (χ0) is 21.1. The van der Waals surface area contributed by atoms with Gasteiger partial charge < -0.3 is 9.47 Å². The van der Waals surface area contributed by atoms with Crippen LogP contribution in [0.5, 0.6) is 11.5 Å². The molecule has 3 aliphatic rings. The second-order valence-corrected chi connectivity index (χ2v) is 10.2. The fourth-order valence-electron chi connectivity index (χ4n) is 5.84. The molecule has 1 radical (unpaired) electrons. The van der Waals surface area contributed by atoms with Crippen LogP contribution in [-0.4, -0.2) is 6.61 Å². The topological polar surface area (TPSA) is 18.5 Å². The molecule has 0 atom stereocenters. The van der Waals surface area contributed by atoms with E-state index in [9.17, 15) is 8.78 Å². The zero-order valence-corrected chi connectivity index (χ0v) is 21.9. The fourth-order valence-corrected chi connectivity index (χ4v) is 5.84. The minimum absolute atomic E-state index is 0. The van der Waals surface area contributed by atoms with Gasteiger partial charge in [0.15, 0.2) is 5.75 Å². The van der Waals surface area contributed by atoms with Gasteiger partial charge in [-0.2, -0.15) is 15.9 Å². The summed E-state index contributed by atoms with van der Waals surface area (Å²) in [6.07, 6.45) is 16.4. The summed E-state index contributed by atoms with van der Waals surface area (Å²) in [5.74, 6) is 2.10. The zero-order valence-electron chi connectivity index (χ0n) is 19.0. The molecule has 0 spiro atoms. The van der Waals surface area contributed by atoms with E-state index in [0.717, 1.165) is 36.5 Å². The maximum absolute atomic E-state index is 14.3. The van der Waals surface area contributed by atoms with Crippen LogP contribution in [0.2, 0.25) is 0 Å². The first-order valence-corrected chi connectivity index (χ1v) is 12.1. The van der Waals surface area contributed by atoms with Gasteiger partial charge in [0.05, 0.1) is 6.61 Å². The van der Waals surface area contributed by atoms with E-state index < -0.39 is 11.6 Å². The van der Waals surface area contributed by atoms with E-state index >= 15 is 0 Å². The first-order valence-electron chi connectivity index (χ1n) is 12.1. The fraction of sp³-hybridized carbons (Fsp3) is 0.731. The molecule has 0 saturated heterocycles. The molecule has 0 unspecified atom stereocenters. The third kappa shape index (κ3) is 6.65. The average molecular weight is 508 g/mol. The standard InChI is InChI=1S/C26H37F2O2.Y/c1-17-15-23(29-2)24(27)25(28)26(17)30-16-20-9-13-22(14-10-20)21-11-7-19(8-12-21)6-5-18-3-4-18;/h15,18-22H,2-14,16H2,1H3;/q-1;. The summed E-state index contributed by atoms with van der Waals surface area (Å²) in [6, 6.07) is 1.44. The van der Waals surface area contributed by atoms with Gasteiger partial charge in [0.1, 0.15) is 5.75 Å². The molecule has 0 N–H and O–H groups in total. The first-order chi connectivity index (χ1) is 14.5. The Labute approximate surface area is 212 Å². The van der Waals surface area contributed by atoms with Crippen molar-refractivity contribution >= 4 is 0 Å². The van der Waals surface area contributed by atoms with Crippen molar-refractivity contribution in [3.05, 3.63) is 30.4 Å². The summed E-state index contributed by atoms with van der Waals surface area (Å²) < 4.78 is 38.6. The van der Waals surface area contributed by atoms with E-state index in [-0.39, 0.29) is 44.2 Å². The van der Waals surface area contributed by atoms with Crippen LogP contribution >= 0.6 is 0 Å². The normalized spacial score (nSPS) is 28.6. The second-order valence-electron chi connectivity index (χ2n) is 10.2. The van der Waals surface area contributed by atoms with Crippen molar-refractivity contribution in [3.8, 4) is 11.5 Å². The molecule has 3 fully saturated rings. The maximum atomic E-state index is 14.3. The van der Waals surface area contributed by atoms with Crippen LogP contribution in [0.15, 0.2) is 6.07 Å². The Balaban J connectivity index is 0.00000272. The minimum Gasteiger partial charge on any atom is -0.663 e. The van der Waals surface area contributed by atoms with E-state index in [2.05, 4.69) is 11.8 Å². The molecular weight excluding hydrogens is 471 g/mol. The maximum Gasteiger partial charge on any atom is 0.204 e. The van der Waals surface area contributed by atoms with Crippen molar-refractivity contribution < 1.29 is 51.0 Å². The van der Waals surface area contributed by atoms with Gasteiger partial charge >= 0.3 is 0 Å². The van der Waals surface area contributed by atoms with Crippen LogP contribution in [0.1, 0.15) is 82.6 Å². The molecule has 0 aromatic heterocycles. The van der Waals surface area contributed by atoms with Gasteiger partial charge in [0, 0.05) is 32.7 Å². The van der Waals surface area contributed by atoms with Crippen molar-refractivity contribution in [2.45, 2.75) is 84.0 Å². The monoisotopic (exact) mass is 508 g/mol. The molecule has 3 aliphatic carbocycles. The molecule has 0 aliphatic heterocycles. The molecule has 0 bridgehead atoms. The van der Waals surface area contributed by atoms with E-state index in [1.54, 1.807) is 6.92 Å². The Bertz CT molecular complexity index is 706. The molecule has 171 valence electrons. The Morgan fingerprint density at radius 3 is 1.77 bits per heavy atom. The average Bonchev–Trinajstić information content (AvgIpc) is 3.60. The van der Waals surface area contributed by atoms with E-state index in [1.165, 1.54) is 70.3 Å². The van der Waals surface area contributed by atoms with Gasteiger partial charge in [0.25, 0.3) is 0 Å². The van der Waals surface area contributed by atoms with Gasteiger partial charge in [0.2, 0.25) is 11.6 Å². The third-order valence-corrected chi connectivity index (χ3v) is 8.06. The molecule has 4 rings (SSSR count). The second kappa shape index (κ2) is 11.8. The number of rotatable bonds is 8. The van der Waals surface area contributed by atoms with Crippen molar-refractivity contribution in [1.82, 2.24) is 0 Å². The Kier molecular flexibility index (Phi) is 9.65. The Morgan fingerprint density at radius 2 is 1.29 bits per heavy atom. The Morgan fingerprint density at radius 1 is 0.806 bits per heavy atom. The number of ether oxygens (including phenoxy) is 2. The largest absolute Gasteiger partial charge is 0.663 e. The van der Waals surface area contributed by atoms with E-state index in [4.69, 9.17) is 4.74 Å². The van der Waals surface area contributed by atoms with Crippen LogP contribution in [0.4, 0.5) is 8.78 Å². The van der Waals surface area contributed by atoms with Gasteiger partial charge in [-0.25, -0.2) is 0 Å². The Hall–Kier alpha value is -0.216. The van der Waals surface area contributed by atoms with E-state index in [1.807, 2.05) is 0 Å². The number of aryl methyl sites for hydroxylation is 1. The summed E-state index contributed by atoms with van der Waals surface area (Å²) >= 11 is 0. The summed E-state index contributed by atoms with van der Waals surface area (Å²) in [6.45, 7) is 2.17. The number of benzene rings is 1. The van der Waals surface area contributed by atoms with Crippen LogP contribution in [0, 0.1) is 55.3 Å². The molecule has 0 heterocycles. The summed E-state index contributed by atoms with van der Waals surface area (Å²) in [5, 5.41) is 0. The van der Waals surface area contributed by atoms with Crippen molar-refractivity contribution in [1.29, 1.82) is 0 Å². The van der Waals surface area contributed by atoms with Crippen molar-refractivity contribution in [2.24, 2.45) is 29.6 Å². The predicted molar refractivity (Wildman–Crippen MR) is 115 cm³/mol. The first kappa shape index (κ1) is 25.4. The molecule has 3 saturated carbocycles. The minimum atomic E-state index is -1.03. The molecule has 2 nitrogen and oxygen atoms in total. The third-order valence-electron chi connectivity index (χ3n) is 8.06. The number of halogens is 2. The summed E-state index contributed by atoms with van der Waals surface area (Å²) in [7, 11) is 3.17. The SMILES string of the molecule is [CH2-]Oc1cc(C)c(OCC2CCC(C3CCC(CCC4CC4)CC3)CC2)c(F)c1F.[Y]. The predicted octanol–water partition coefficient (Wildman–Crippen LogP) is 7.62. The van der Waals surface area contributed by atoms with Crippen molar-refractivity contribution in [3.63, 3.8) is 0 Å². The van der Waals surface area contributed by atoms with Gasteiger partial charge in [-0.15, -0.1) is 0 Å². The molecule has 0 amide bonds. The van der Waals surface area contributed by atoms with E-state index in [0.29, 0.717) is 18.1 Å². The molecule has 1 aromatic carbocycles. The quantitative estimate of drug-likeness (QED) is 0.336. The smallest absolute Gasteiger partial charge is 0.204 e. The molecule has 31 heavy (non-hydrogen) atoms. The van der Waals surface area contributed by atoms with Crippen LogP contribution in [0.3, 0.4) is 0 Å². The molecule has 5 heteroatoms. The van der Waals surface area contributed by atoms with Crippen LogP contribution < -0.4 is 9.47 Å². The number of hydrogen-bond donors (Lipinski definition) is 0. The molecular formula is C26H37F2O2Y-. The summed E-state index contributed by atoms with van der Waals surface area (Å²) in [4.78, 5) is 0. The summed E-state index contributed by atoms with van der Waals surface area (Å²) in [5.41, 5.74) is 0.541. The van der Waals surface area contributed by atoms with Crippen molar-refractivity contribution in [2.75, 3.05) is 6.61 Å². The molecule has 1 aromatic rings. The van der Waals surface area contributed by atoms with Gasteiger partial charge in [-0.1, -0.05) is 38.5 Å². The van der Waals surface area contributed by atoms with Gasteiger partial charge in [-0.05, 0) is 86.7 Å². The van der Waals surface area contributed by atoms with Gasteiger partial charge in [-0.3, -0.25) is 0 Å². The van der Waals surface area contributed by atoms with Crippen LogP contribution in [-0.2, 0) is 32.7 Å². The van der Waals surface area contributed by atoms with Crippen LogP contribution in [0.25, 0.3) is 0 Å². The number of hydrogen-bond acceptors (Lipinski definition) is 2.